The fourth-order valence-corrected chi connectivity index (χ4v) is 2.71. The Balaban J connectivity index is 2.09. The van der Waals surface area contributed by atoms with E-state index in [9.17, 15) is 4.79 Å². The summed E-state index contributed by atoms with van der Waals surface area (Å²) in [7, 11) is 0. The van der Waals surface area contributed by atoms with Gasteiger partial charge in [-0.05, 0) is 38.3 Å². The molecule has 1 N–H and O–H groups in total. The highest BCUT2D eigenvalue weighted by atomic mass is 16.2. The predicted octanol–water partition coefficient (Wildman–Crippen LogP) is 2.92. The van der Waals surface area contributed by atoms with E-state index in [0.717, 1.165) is 25.9 Å². The molecule has 0 aromatic heterocycles. The van der Waals surface area contributed by atoms with E-state index in [1.807, 2.05) is 17.0 Å². The minimum Gasteiger partial charge on any atom is -0.384 e. The zero-order chi connectivity index (χ0) is 13.8. The molecule has 19 heavy (non-hydrogen) atoms. The van der Waals surface area contributed by atoms with Gasteiger partial charge in [0.2, 0.25) is 5.91 Å². The number of carbonyl (C=O) groups excluding carboxylic acids is 1. The third kappa shape index (κ3) is 3.09. The molecular formula is C16H24N2O. The molecule has 0 saturated heterocycles. The van der Waals surface area contributed by atoms with Crippen molar-refractivity contribution >= 4 is 11.6 Å². The Morgan fingerprint density at radius 1 is 1.42 bits per heavy atom. The summed E-state index contributed by atoms with van der Waals surface area (Å²) in [5, 5.41) is 3.38. The summed E-state index contributed by atoms with van der Waals surface area (Å²) in [5.41, 5.74) is 2.44. The van der Waals surface area contributed by atoms with Gasteiger partial charge in [0.05, 0.1) is 5.92 Å². The molecule has 1 aromatic carbocycles. The lowest BCUT2D eigenvalue weighted by molar-refractivity contribution is -0.136. The molecule has 0 radical (unpaired) electrons. The predicted molar refractivity (Wildman–Crippen MR) is 79.3 cm³/mol. The molecule has 1 aliphatic heterocycles. The van der Waals surface area contributed by atoms with Crippen LogP contribution in [0.25, 0.3) is 0 Å². The molecule has 1 unspecified atom stereocenters. The fourth-order valence-electron chi connectivity index (χ4n) is 2.71. The van der Waals surface area contributed by atoms with Gasteiger partial charge in [0.15, 0.2) is 0 Å². The average Bonchev–Trinajstić information content (AvgIpc) is 2.43. The molecule has 1 aromatic rings. The van der Waals surface area contributed by atoms with Crippen LogP contribution in [0.2, 0.25) is 0 Å². The van der Waals surface area contributed by atoms with Gasteiger partial charge in [-0.1, -0.05) is 25.1 Å². The van der Waals surface area contributed by atoms with E-state index in [1.165, 1.54) is 11.3 Å². The van der Waals surface area contributed by atoms with Gasteiger partial charge in [-0.25, -0.2) is 0 Å². The molecule has 104 valence electrons. The molecule has 1 amide bonds. The van der Waals surface area contributed by atoms with Crippen LogP contribution in [0, 0.1) is 5.92 Å². The van der Waals surface area contributed by atoms with E-state index in [4.69, 9.17) is 0 Å². The van der Waals surface area contributed by atoms with Crippen molar-refractivity contribution in [1.82, 2.24) is 4.90 Å². The number of nitrogens with zero attached hydrogens (tertiary/aromatic N) is 1. The number of amides is 1. The van der Waals surface area contributed by atoms with Crippen molar-refractivity contribution in [2.75, 3.05) is 18.4 Å². The van der Waals surface area contributed by atoms with Crippen LogP contribution in [0.15, 0.2) is 24.3 Å². The third-order valence-electron chi connectivity index (χ3n) is 3.74. The number of fused-ring (bicyclic) bond motifs is 1. The van der Waals surface area contributed by atoms with Crippen LogP contribution in [0.3, 0.4) is 0 Å². The number of hydrogen-bond acceptors (Lipinski definition) is 2. The Bertz CT molecular complexity index is 442. The number of benzene rings is 1. The third-order valence-corrected chi connectivity index (χ3v) is 3.74. The first-order chi connectivity index (χ1) is 9.13. The Morgan fingerprint density at radius 3 is 2.84 bits per heavy atom. The number of nitrogens with one attached hydrogen (secondary N) is 1. The van der Waals surface area contributed by atoms with Crippen molar-refractivity contribution in [1.29, 1.82) is 0 Å². The highest BCUT2D eigenvalue weighted by Crippen LogP contribution is 2.25. The second-order valence-corrected chi connectivity index (χ2v) is 5.56. The van der Waals surface area contributed by atoms with E-state index in [2.05, 4.69) is 38.2 Å². The standard InChI is InChI=1S/C16H24N2O/c1-4-9-18(12(2)3)16(19)14-10-13-7-5-6-8-15(13)17-11-14/h5-8,12,14,17H,4,9-11H2,1-3H3. The zero-order valence-electron chi connectivity index (χ0n) is 12.1. The first-order valence-corrected chi connectivity index (χ1v) is 7.25. The molecule has 0 fully saturated rings. The van der Waals surface area contributed by atoms with Gasteiger partial charge in [0.25, 0.3) is 0 Å². The van der Waals surface area contributed by atoms with Gasteiger partial charge >= 0.3 is 0 Å². The Kier molecular flexibility index (Phi) is 4.46. The molecule has 0 aliphatic carbocycles. The molecule has 3 nitrogen and oxygen atoms in total. The minimum atomic E-state index is 0.0730. The maximum absolute atomic E-state index is 12.6. The number of carbonyl (C=O) groups is 1. The second-order valence-electron chi connectivity index (χ2n) is 5.56. The molecule has 1 atom stereocenters. The summed E-state index contributed by atoms with van der Waals surface area (Å²) < 4.78 is 0. The minimum absolute atomic E-state index is 0.0730. The van der Waals surface area contributed by atoms with Gasteiger partial charge in [-0.3, -0.25) is 4.79 Å². The van der Waals surface area contributed by atoms with E-state index >= 15 is 0 Å². The van der Waals surface area contributed by atoms with Gasteiger partial charge in [-0.15, -0.1) is 0 Å². The van der Waals surface area contributed by atoms with Gasteiger partial charge in [0.1, 0.15) is 0 Å². The fraction of sp³-hybridized carbons (Fsp3) is 0.562. The molecule has 0 spiro atoms. The van der Waals surface area contributed by atoms with Crippen molar-refractivity contribution < 1.29 is 4.79 Å². The zero-order valence-corrected chi connectivity index (χ0v) is 12.1. The lowest BCUT2D eigenvalue weighted by Gasteiger charge is -2.33. The van der Waals surface area contributed by atoms with E-state index in [0.29, 0.717) is 5.91 Å². The Morgan fingerprint density at radius 2 is 2.16 bits per heavy atom. The van der Waals surface area contributed by atoms with Crippen LogP contribution in [-0.4, -0.2) is 29.9 Å². The van der Waals surface area contributed by atoms with Gasteiger partial charge < -0.3 is 10.2 Å². The van der Waals surface area contributed by atoms with Crippen molar-refractivity contribution in [3.63, 3.8) is 0 Å². The monoisotopic (exact) mass is 260 g/mol. The number of rotatable bonds is 4. The first-order valence-electron chi connectivity index (χ1n) is 7.25. The maximum atomic E-state index is 12.6. The van der Waals surface area contributed by atoms with E-state index in [-0.39, 0.29) is 12.0 Å². The van der Waals surface area contributed by atoms with Gasteiger partial charge in [0, 0.05) is 24.8 Å². The molecule has 0 saturated carbocycles. The van der Waals surface area contributed by atoms with Gasteiger partial charge in [-0.2, -0.15) is 0 Å². The highest BCUT2D eigenvalue weighted by molar-refractivity contribution is 5.81. The summed E-state index contributed by atoms with van der Waals surface area (Å²) >= 11 is 0. The molecule has 1 aliphatic rings. The van der Waals surface area contributed by atoms with Crippen LogP contribution in [0.5, 0.6) is 0 Å². The van der Waals surface area contributed by atoms with Crippen molar-refractivity contribution in [2.45, 2.75) is 39.7 Å². The van der Waals surface area contributed by atoms with Crippen molar-refractivity contribution in [3.8, 4) is 0 Å². The van der Waals surface area contributed by atoms with Crippen LogP contribution in [0.1, 0.15) is 32.8 Å². The van der Waals surface area contributed by atoms with Crippen LogP contribution in [0.4, 0.5) is 5.69 Å². The highest BCUT2D eigenvalue weighted by Gasteiger charge is 2.28. The van der Waals surface area contributed by atoms with Crippen LogP contribution < -0.4 is 5.32 Å². The number of anilines is 1. The van der Waals surface area contributed by atoms with Crippen LogP contribution >= 0.6 is 0 Å². The summed E-state index contributed by atoms with van der Waals surface area (Å²) in [5.74, 6) is 0.364. The van der Waals surface area contributed by atoms with Crippen molar-refractivity contribution in [3.05, 3.63) is 29.8 Å². The lowest BCUT2D eigenvalue weighted by atomic mass is 9.92. The molecule has 0 bridgehead atoms. The molecular weight excluding hydrogens is 236 g/mol. The SMILES string of the molecule is CCCN(C(=O)C1CNc2ccccc2C1)C(C)C. The molecule has 3 heteroatoms. The Hall–Kier alpha value is -1.51. The Labute approximate surface area is 116 Å². The smallest absolute Gasteiger partial charge is 0.228 e. The largest absolute Gasteiger partial charge is 0.384 e. The van der Waals surface area contributed by atoms with E-state index < -0.39 is 0 Å². The topological polar surface area (TPSA) is 32.3 Å². The summed E-state index contributed by atoms with van der Waals surface area (Å²) in [6.45, 7) is 7.92. The number of hydrogen-bond donors (Lipinski definition) is 1. The van der Waals surface area contributed by atoms with E-state index in [1.54, 1.807) is 0 Å². The molecule has 1 heterocycles. The van der Waals surface area contributed by atoms with Crippen molar-refractivity contribution in [2.24, 2.45) is 5.92 Å². The maximum Gasteiger partial charge on any atom is 0.228 e. The first kappa shape index (κ1) is 13.9. The number of para-hydroxylation sites is 1. The summed E-state index contributed by atoms with van der Waals surface area (Å²) in [6.07, 6.45) is 1.87. The quantitative estimate of drug-likeness (QED) is 0.902. The molecule has 2 rings (SSSR count). The normalized spacial score (nSPS) is 17.8. The summed E-state index contributed by atoms with van der Waals surface area (Å²) in [4.78, 5) is 14.6. The summed E-state index contributed by atoms with van der Waals surface area (Å²) in [6, 6.07) is 8.55. The van der Waals surface area contributed by atoms with Crippen LogP contribution in [-0.2, 0) is 11.2 Å². The lowest BCUT2D eigenvalue weighted by Crippen LogP contribution is -2.45. The average molecular weight is 260 g/mol. The second kappa shape index (κ2) is 6.09.